The molecule has 0 unspecified atom stereocenters. The van der Waals surface area contributed by atoms with Crippen molar-refractivity contribution in [3.8, 4) is 5.75 Å². The minimum Gasteiger partial charge on any atom is -0.495 e. The average Bonchev–Trinajstić information content (AvgIpc) is 2.94. The van der Waals surface area contributed by atoms with Crippen LogP contribution in [0.25, 0.3) is 0 Å². The second-order valence-corrected chi connectivity index (χ2v) is 12.1. The van der Waals surface area contributed by atoms with Crippen LogP contribution in [-0.4, -0.2) is 57.1 Å². The zero-order chi connectivity index (χ0) is 30.2. The summed E-state index contributed by atoms with van der Waals surface area (Å²) in [5, 5.41) is 3.17. The first-order chi connectivity index (χ1) is 19.4. The summed E-state index contributed by atoms with van der Waals surface area (Å²) in [4.78, 5) is 29.0. The van der Waals surface area contributed by atoms with Crippen molar-refractivity contribution in [2.75, 3.05) is 24.2 Å². The number of anilines is 1. The summed E-state index contributed by atoms with van der Waals surface area (Å²) in [6, 6.07) is 18.2. The van der Waals surface area contributed by atoms with Crippen LogP contribution in [0, 0.1) is 5.82 Å². The molecule has 41 heavy (non-hydrogen) atoms. The summed E-state index contributed by atoms with van der Waals surface area (Å²) in [7, 11) is -2.66. The number of methoxy groups -OCH3 is 1. The van der Waals surface area contributed by atoms with Crippen LogP contribution in [0.1, 0.15) is 31.4 Å². The fraction of sp³-hybridized carbons (Fsp3) is 0.333. The molecule has 0 saturated carbocycles. The molecule has 8 nitrogen and oxygen atoms in total. The van der Waals surface area contributed by atoms with E-state index in [4.69, 9.17) is 16.3 Å². The van der Waals surface area contributed by atoms with Crippen molar-refractivity contribution in [2.45, 2.75) is 45.3 Å². The number of benzene rings is 3. The Morgan fingerprint density at radius 1 is 1.05 bits per heavy atom. The number of sulfonamides is 1. The molecule has 220 valence electrons. The highest BCUT2D eigenvalue weighted by atomic mass is 35.5. The van der Waals surface area contributed by atoms with Crippen molar-refractivity contribution in [3.63, 3.8) is 0 Å². The molecule has 0 bridgehead atoms. The van der Waals surface area contributed by atoms with Crippen LogP contribution in [0.4, 0.5) is 10.1 Å². The molecule has 0 fully saturated rings. The predicted molar refractivity (Wildman–Crippen MR) is 159 cm³/mol. The van der Waals surface area contributed by atoms with Crippen LogP contribution in [-0.2, 0) is 32.6 Å². The molecular weight excluding hydrogens is 569 g/mol. The summed E-state index contributed by atoms with van der Waals surface area (Å²) < 4.78 is 47.0. The van der Waals surface area contributed by atoms with Gasteiger partial charge in [-0.2, -0.15) is 0 Å². The standard InChI is InChI=1S/C30H35ClFN3O5S/c1-5-21(2)33-30(37)27(17-22-11-7-6-8-12-22)34(19-23-13-9-10-14-25(23)32)29(36)20-35(41(4,38)39)26-18-24(31)15-16-28(26)40-3/h6-16,18,21,27H,5,17,19-20H2,1-4H3,(H,33,37)/t21-,27+/m1/s1. The summed E-state index contributed by atoms with van der Waals surface area (Å²) >= 11 is 6.17. The van der Waals surface area contributed by atoms with Gasteiger partial charge in [0, 0.05) is 29.6 Å². The number of hydrogen-bond donors (Lipinski definition) is 1. The number of carbonyl (C=O) groups is 2. The second kappa shape index (κ2) is 14.3. The van der Waals surface area contributed by atoms with E-state index in [1.807, 2.05) is 44.2 Å². The number of hydrogen-bond acceptors (Lipinski definition) is 5. The van der Waals surface area contributed by atoms with Crippen molar-refractivity contribution in [1.82, 2.24) is 10.2 Å². The van der Waals surface area contributed by atoms with Crippen molar-refractivity contribution in [2.24, 2.45) is 0 Å². The van der Waals surface area contributed by atoms with E-state index in [1.165, 1.54) is 48.4 Å². The molecular formula is C30H35ClFN3O5S. The largest absolute Gasteiger partial charge is 0.495 e. The monoisotopic (exact) mass is 603 g/mol. The predicted octanol–water partition coefficient (Wildman–Crippen LogP) is 4.81. The zero-order valence-corrected chi connectivity index (χ0v) is 25.1. The van der Waals surface area contributed by atoms with Crippen LogP contribution in [0.3, 0.4) is 0 Å². The fourth-order valence-corrected chi connectivity index (χ4v) is 5.27. The van der Waals surface area contributed by atoms with E-state index in [1.54, 1.807) is 6.07 Å². The third-order valence-electron chi connectivity index (χ3n) is 6.66. The molecule has 0 aliphatic heterocycles. The van der Waals surface area contributed by atoms with Crippen molar-refractivity contribution < 1.29 is 27.1 Å². The Balaban J connectivity index is 2.11. The molecule has 0 aliphatic rings. The Hall–Kier alpha value is -3.63. The number of ether oxygens (including phenoxy) is 1. The van der Waals surface area contributed by atoms with Gasteiger partial charge in [0.25, 0.3) is 0 Å². The van der Waals surface area contributed by atoms with Gasteiger partial charge in [0.15, 0.2) is 0 Å². The van der Waals surface area contributed by atoms with Gasteiger partial charge in [-0.1, -0.05) is 67.1 Å². The molecule has 1 N–H and O–H groups in total. The first kappa shape index (κ1) is 31.9. The number of halogens is 2. The molecule has 0 radical (unpaired) electrons. The first-order valence-corrected chi connectivity index (χ1v) is 15.4. The summed E-state index contributed by atoms with van der Waals surface area (Å²) in [6.45, 7) is 2.83. The van der Waals surface area contributed by atoms with Crippen molar-refractivity contribution in [3.05, 3.63) is 94.8 Å². The number of nitrogens with zero attached hydrogens (tertiary/aromatic N) is 2. The summed E-state index contributed by atoms with van der Waals surface area (Å²) in [5.74, 6) is -1.51. The topological polar surface area (TPSA) is 96.0 Å². The van der Waals surface area contributed by atoms with Gasteiger partial charge in [0.1, 0.15) is 24.2 Å². The normalized spacial score (nSPS) is 12.7. The maximum Gasteiger partial charge on any atom is 0.244 e. The molecule has 0 spiro atoms. The van der Waals surface area contributed by atoms with E-state index in [0.717, 1.165) is 16.1 Å². The Bertz CT molecular complexity index is 1460. The third-order valence-corrected chi connectivity index (χ3v) is 8.02. The van der Waals surface area contributed by atoms with Crippen LogP contribution >= 0.6 is 11.6 Å². The highest BCUT2D eigenvalue weighted by Crippen LogP contribution is 2.33. The van der Waals surface area contributed by atoms with E-state index < -0.39 is 40.2 Å². The number of rotatable bonds is 13. The van der Waals surface area contributed by atoms with Crippen LogP contribution in [0.15, 0.2) is 72.8 Å². The molecule has 3 aromatic carbocycles. The van der Waals surface area contributed by atoms with Gasteiger partial charge in [-0.05, 0) is 43.2 Å². The number of carbonyl (C=O) groups excluding carboxylic acids is 2. The molecule has 3 rings (SSSR count). The Morgan fingerprint density at radius 3 is 2.32 bits per heavy atom. The van der Waals surface area contributed by atoms with E-state index in [-0.39, 0.29) is 41.0 Å². The lowest BCUT2D eigenvalue weighted by atomic mass is 10.0. The molecule has 0 aromatic heterocycles. The molecule has 0 heterocycles. The van der Waals surface area contributed by atoms with Gasteiger partial charge in [-0.25, -0.2) is 12.8 Å². The lowest BCUT2D eigenvalue weighted by Gasteiger charge is -2.34. The molecule has 0 aliphatic carbocycles. The smallest absolute Gasteiger partial charge is 0.244 e. The van der Waals surface area contributed by atoms with E-state index >= 15 is 0 Å². The fourth-order valence-electron chi connectivity index (χ4n) is 4.26. The molecule has 3 aromatic rings. The summed E-state index contributed by atoms with van der Waals surface area (Å²) in [6.07, 6.45) is 1.74. The van der Waals surface area contributed by atoms with E-state index in [0.29, 0.717) is 6.42 Å². The molecule has 2 amide bonds. The minimum atomic E-state index is -4.03. The van der Waals surface area contributed by atoms with Crippen LogP contribution < -0.4 is 14.4 Å². The highest BCUT2D eigenvalue weighted by molar-refractivity contribution is 7.92. The molecule has 11 heteroatoms. The minimum absolute atomic E-state index is 0.0605. The van der Waals surface area contributed by atoms with Gasteiger partial charge in [0.05, 0.1) is 19.1 Å². The highest BCUT2D eigenvalue weighted by Gasteiger charge is 2.34. The van der Waals surface area contributed by atoms with Gasteiger partial charge < -0.3 is 15.0 Å². The van der Waals surface area contributed by atoms with Crippen LogP contribution in [0.5, 0.6) is 5.75 Å². The van der Waals surface area contributed by atoms with Crippen LogP contribution in [0.2, 0.25) is 5.02 Å². The Morgan fingerprint density at radius 2 is 1.71 bits per heavy atom. The third kappa shape index (κ3) is 8.68. The lowest BCUT2D eigenvalue weighted by molar-refractivity contribution is -0.140. The first-order valence-electron chi connectivity index (χ1n) is 13.1. The lowest BCUT2D eigenvalue weighted by Crippen LogP contribution is -2.54. The SMILES string of the molecule is CC[C@@H](C)NC(=O)[C@H](Cc1ccccc1)N(Cc1ccccc1F)C(=O)CN(c1cc(Cl)ccc1OC)S(C)(=O)=O. The van der Waals surface area contributed by atoms with Gasteiger partial charge in [0.2, 0.25) is 21.8 Å². The Kier molecular flexibility index (Phi) is 11.1. The van der Waals surface area contributed by atoms with Crippen molar-refractivity contribution >= 4 is 39.1 Å². The second-order valence-electron chi connectivity index (χ2n) is 9.72. The molecule has 0 saturated heterocycles. The van der Waals surface area contributed by atoms with E-state index in [9.17, 15) is 22.4 Å². The Labute approximate surface area is 246 Å². The number of nitrogens with one attached hydrogen (secondary N) is 1. The van der Waals surface area contributed by atoms with Gasteiger partial charge in [-0.15, -0.1) is 0 Å². The average molecular weight is 604 g/mol. The quantitative estimate of drug-likeness (QED) is 0.303. The van der Waals surface area contributed by atoms with Gasteiger partial charge >= 0.3 is 0 Å². The maximum absolute atomic E-state index is 14.9. The zero-order valence-electron chi connectivity index (χ0n) is 23.5. The maximum atomic E-state index is 14.9. The molecule has 2 atom stereocenters. The summed E-state index contributed by atoms with van der Waals surface area (Å²) in [5.41, 5.74) is 1.02. The van der Waals surface area contributed by atoms with Crippen molar-refractivity contribution in [1.29, 1.82) is 0 Å². The van der Waals surface area contributed by atoms with Gasteiger partial charge in [-0.3, -0.25) is 13.9 Å². The van der Waals surface area contributed by atoms with E-state index in [2.05, 4.69) is 5.32 Å². The number of amides is 2.